The summed E-state index contributed by atoms with van der Waals surface area (Å²) in [5.74, 6) is -59.9. The Kier molecular flexibility index (Phi) is 20.5. The maximum Gasteiger partial charge on any atom is 0.460 e. The van der Waals surface area contributed by atoms with Crippen molar-refractivity contribution in [2.24, 2.45) is 0 Å². The van der Waals surface area contributed by atoms with Crippen molar-refractivity contribution < 1.29 is 117 Å². The summed E-state index contributed by atoms with van der Waals surface area (Å²) in [6, 6.07) is 6.20. The summed E-state index contributed by atoms with van der Waals surface area (Å²) in [5, 5.41) is 10.8. The predicted molar refractivity (Wildman–Crippen MR) is 216 cm³/mol. The van der Waals surface area contributed by atoms with Gasteiger partial charge in [-0.15, -0.1) is 0 Å². The zero-order valence-corrected chi connectivity index (χ0v) is 38.9. The molecule has 2 amide bonds. The number of hydroxylamine groups is 1. The minimum absolute atomic E-state index is 0.0195. The van der Waals surface area contributed by atoms with Crippen molar-refractivity contribution in [3.63, 3.8) is 0 Å². The Morgan fingerprint density at radius 1 is 0.732 bits per heavy atom. The normalized spacial score (nSPS) is 15.1. The van der Waals surface area contributed by atoms with Gasteiger partial charge in [0.05, 0.1) is 18.4 Å². The molecule has 0 bridgehead atoms. The summed E-state index contributed by atoms with van der Waals surface area (Å²) in [7, 11) is -2.82. The first-order valence-electron chi connectivity index (χ1n) is 20.6. The van der Waals surface area contributed by atoms with E-state index in [1.807, 2.05) is 0 Å². The number of rotatable bonds is 26. The van der Waals surface area contributed by atoms with E-state index in [9.17, 15) is 84.2 Å². The van der Waals surface area contributed by atoms with Gasteiger partial charge in [-0.2, -0.15) is 74.6 Å². The van der Waals surface area contributed by atoms with E-state index < -0.39 is 134 Å². The van der Waals surface area contributed by atoms with Gasteiger partial charge in [-0.3, -0.25) is 15.3 Å². The van der Waals surface area contributed by atoms with Crippen LogP contribution in [-0.2, 0) is 18.7 Å². The van der Waals surface area contributed by atoms with Crippen molar-refractivity contribution in [2.75, 3.05) is 25.6 Å². The molecule has 0 saturated heterocycles. The van der Waals surface area contributed by atoms with Gasteiger partial charge in [0.25, 0.3) is 5.91 Å². The van der Waals surface area contributed by atoms with Crippen LogP contribution in [0, 0.1) is 11.6 Å². The number of allylic oxidation sites excluding steroid dienone is 3. The van der Waals surface area contributed by atoms with Crippen LogP contribution in [0.5, 0.6) is 5.75 Å². The summed E-state index contributed by atoms with van der Waals surface area (Å²) in [4.78, 5) is 24.3. The predicted octanol–water partition coefficient (Wildman–Crippen LogP) is 13.6. The molecule has 2 aromatic carbocycles. The van der Waals surface area contributed by atoms with Gasteiger partial charge in [0, 0.05) is 25.7 Å². The number of anilines is 1. The number of carbonyl (C=O) groups excluding carboxylic acids is 2. The molecule has 0 unspecified atom stereocenters. The fourth-order valence-electron chi connectivity index (χ4n) is 6.91. The highest BCUT2D eigenvalue weighted by molar-refractivity contribution is 6.76. The van der Waals surface area contributed by atoms with Gasteiger partial charge in [0.15, 0.2) is 14.4 Å². The van der Waals surface area contributed by atoms with Crippen molar-refractivity contribution in [3.8, 4) is 5.75 Å². The molecule has 9 nitrogen and oxygen atoms in total. The molecule has 0 spiro atoms. The zero-order chi connectivity index (χ0) is 55.0. The lowest BCUT2D eigenvalue weighted by Gasteiger charge is -2.44. The quantitative estimate of drug-likeness (QED) is 0.0163. The van der Waals surface area contributed by atoms with E-state index in [2.05, 4.69) is 5.32 Å². The number of benzene rings is 2. The largest absolute Gasteiger partial charge is 0.491 e. The lowest BCUT2D eigenvalue weighted by molar-refractivity contribution is -0.461. The highest BCUT2D eigenvalue weighted by Gasteiger charge is 2.95. The molecule has 0 radical (unpaired) electrons. The Hall–Kier alpha value is -4.77. The number of carbonyl (C=O) groups is 2. The van der Waals surface area contributed by atoms with E-state index in [4.69, 9.17) is 23.8 Å². The first-order valence-corrected chi connectivity index (χ1v) is 22.9. The third kappa shape index (κ3) is 13.5. The second-order valence-corrected chi connectivity index (χ2v) is 21.4. The molecule has 0 aliphatic heterocycles. The molecule has 404 valence electrons. The Bertz CT molecular complexity index is 2150. The SMILES string of the molecule is CO[C@H](CC/C=C/C(C)=C/C(=O)NO)[C@H](OC(=O)Nc1ccc(F)cc1F)c1ccc(OCCO[Si](CCC(F)(F)C(F)(F)C(F)(F)C(F)(F)C(F)(F)C(F)(F)C(F)(F)C(F)(F)F)(C(C)C)C(C)C)cc1. The third-order valence-electron chi connectivity index (χ3n) is 11.0. The second-order valence-electron chi connectivity index (χ2n) is 16.4. The van der Waals surface area contributed by atoms with Gasteiger partial charge in [-0.25, -0.2) is 19.1 Å². The molecule has 0 saturated carbocycles. The van der Waals surface area contributed by atoms with E-state index in [-0.39, 0.29) is 24.2 Å². The van der Waals surface area contributed by atoms with Crippen LogP contribution in [0.15, 0.2) is 66.3 Å². The first-order chi connectivity index (χ1) is 32.3. The molecule has 2 atom stereocenters. The summed E-state index contributed by atoms with van der Waals surface area (Å²) in [6.07, 6.45) is -9.34. The lowest BCUT2D eigenvalue weighted by Crippen LogP contribution is -2.74. The van der Waals surface area contributed by atoms with E-state index >= 15 is 8.78 Å². The molecule has 29 heteroatoms. The molecular formula is C42H47F19N2O7Si. The van der Waals surface area contributed by atoms with Gasteiger partial charge in [-0.05, 0) is 72.3 Å². The van der Waals surface area contributed by atoms with Crippen LogP contribution in [-0.4, -0.2) is 99.6 Å². The minimum atomic E-state index is -8.73. The van der Waals surface area contributed by atoms with Crippen LogP contribution in [0.3, 0.4) is 0 Å². The smallest absolute Gasteiger partial charge is 0.460 e. The Labute approximate surface area is 393 Å². The van der Waals surface area contributed by atoms with Gasteiger partial charge in [0.1, 0.15) is 24.0 Å². The number of hydrogen-bond acceptors (Lipinski definition) is 7. The maximum absolute atomic E-state index is 15.0. The minimum Gasteiger partial charge on any atom is -0.491 e. The fourth-order valence-corrected chi connectivity index (χ4v) is 11.4. The number of ether oxygens (including phenoxy) is 3. The highest BCUT2D eigenvalue weighted by atomic mass is 28.4. The fraction of sp³-hybridized carbons (Fsp3) is 0.571. The van der Waals surface area contributed by atoms with Gasteiger partial charge < -0.3 is 18.6 Å². The van der Waals surface area contributed by atoms with Crippen molar-refractivity contribution in [1.82, 2.24) is 5.48 Å². The Morgan fingerprint density at radius 3 is 1.73 bits per heavy atom. The van der Waals surface area contributed by atoms with Gasteiger partial charge >= 0.3 is 53.7 Å². The molecule has 0 fully saturated rings. The Balaban J connectivity index is 2.34. The zero-order valence-electron chi connectivity index (χ0n) is 37.9. The molecule has 3 N–H and O–H groups in total. The molecule has 2 aromatic rings. The van der Waals surface area contributed by atoms with Gasteiger partial charge in [-0.1, -0.05) is 52.0 Å². The highest BCUT2D eigenvalue weighted by Crippen LogP contribution is 2.64. The number of halogens is 19. The van der Waals surface area contributed by atoms with Crippen molar-refractivity contribution in [1.29, 1.82) is 0 Å². The molecule has 0 heterocycles. The summed E-state index contributed by atoms with van der Waals surface area (Å²) < 4.78 is 287. The molecule has 2 rings (SSSR count). The van der Waals surface area contributed by atoms with E-state index in [0.717, 1.165) is 18.2 Å². The number of nitrogens with one attached hydrogen (secondary N) is 2. The average Bonchev–Trinajstić information content (AvgIpc) is 3.25. The third-order valence-corrected chi connectivity index (χ3v) is 16.7. The van der Waals surface area contributed by atoms with Crippen LogP contribution in [0.4, 0.5) is 93.9 Å². The van der Waals surface area contributed by atoms with Crippen LogP contribution in [0.2, 0.25) is 17.1 Å². The summed E-state index contributed by atoms with van der Waals surface area (Å²) >= 11 is 0. The second kappa shape index (κ2) is 23.4. The molecule has 71 heavy (non-hydrogen) atoms. The van der Waals surface area contributed by atoms with Crippen molar-refractivity contribution in [3.05, 3.63) is 83.5 Å². The lowest BCUT2D eigenvalue weighted by atomic mass is 9.88. The van der Waals surface area contributed by atoms with E-state index in [0.29, 0.717) is 11.6 Å². The van der Waals surface area contributed by atoms with Crippen LogP contribution < -0.4 is 15.5 Å². The van der Waals surface area contributed by atoms with Crippen molar-refractivity contribution in [2.45, 2.75) is 131 Å². The number of methoxy groups -OCH3 is 1. The summed E-state index contributed by atoms with van der Waals surface area (Å²) in [5.41, 5.74) is -0.258. The van der Waals surface area contributed by atoms with Crippen molar-refractivity contribution >= 4 is 26.0 Å². The first kappa shape index (κ1) is 62.3. The molecule has 0 aromatic heterocycles. The standard InChI is InChI=1S/C42H47F19N2O7Si/c1-23(2)71(24(3)4,20-17-35(45,46)36(47,48)37(49,50)38(51,52)39(53,54)40(55,56)41(57,58)42(59,60)61)69-19-18-68-28-14-11-26(12-15-28)33(70-34(65)62-30-16-13-27(43)22-29(30)44)31(67-6)10-8-7-9-25(5)21-32(64)63-66/h7,9,11-16,21-24,31,33,66H,8,10,17-20H2,1-6H3,(H,62,65)(H,63,64)/b9-7+,25-21+/t31-,33-/m1/s1. The number of alkyl halides is 17. The van der Waals surface area contributed by atoms with Crippen LogP contribution in [0.25, 0.3) is 0 Å². The van der Waals surface area contributed by atoms with Crippen LogP contribution in [0.1, 0.15) is 65.5 Å². The topological polar surface area (TPSA) is 115 Å². The van der Waals surface area contributed by atoms with Crippen LogP contribution >= 0.6 is 0 Å². The van der Waals surface area contributed by atoms with E-state index in [1.54, 1.807) is 13.0 Å². The van der Waals surface area contributed by atoms with Gasteiger partial charge in [0.2, 0.25) is 0 Å². The van der Waals surface area contributed by atoms with E-state index in [1.165, 1.54) is 70.6 Å². The number of hydrogen-bond donors (Lipinski definition) is 3. The monoisotopic (exact) mass is 1080 g/mol. The number of amides is 2. The molecule has 0 aliphatic carbocycles. The molecular weight excluding hydrogens is 1030 g/mol. The average molecular weight is 1080 g/mol. The Morgan fingerprint density at radius 2 is 1.25 bits per heavy atom. The maximum atomic E-state index is 15.0. The molecule has 0 aliphatic rings. The summed E-state index contributed by atoms with van der Waals surface area (Å²) in [6.45, 7) is 5.58.